The number of carboxylic acids is 1. The van der Waals surface area contributed by atoms with E-state index in [-0.39, 0.29) is 22.9 Å². The first-order valence-electron chi connectivity index (χ1n) is 5.30. The molecule has 0 saturated carbocycles. The van der Waals surface area contributed by atoms with Gasteiger partial charge in [-0.05, 0) is 13.0 Å². The van der Waals surface area contributed by atoms with Gasteiger partial charge in [-0.2, -0.15) is 0 Å². The van der Waals surface area contributed by atoms with Gasteiger partial charge in [0.25, 0.3) is 0 Å². The molecule has 19 heavy (non-hydrogen) atoms. The lowest BCUT2D eigenvalue weighted by molar-refractivity contribution is -0.159. The maximum Gasteiger partial charge on any atom is 0.338 e. The van der Waals surface area contributed by atoms with E-state index in [9.17, 15) is 19.8 Å². The Hall–Kier alpha value is -1.70. The predicted octanol–water partition coefficient (Wildman–Crippen LogP) is 0.391. The molecule has 0 amide bonds. The second-order valence-corrected chi connectivity index (χ2v) is 3.93. The summed E-state index contributed by atoms with van der Waals surface area (Å²) >= 11 is 5.55. The molecule has 0 aromatic carbocycles. The number of halogens is 1. The second-order valence-electron chi connectivity index (χ2n) is 3.54. The van der Waals surface area contributed by atoms with Crippen molar-refractivity contribution in [2.24, 2.45) is 0 Å². The Morgan fingerprint density at radius 1 is 1.47 bits per heavy atom. The van der Waals surface area contributed by atoms with Crippen molar-refractivity contribution in [1.29, 1.82) is 0 Å². The lowest BCUT2D eigenvalue weighted by Crippen LogP contribution is -2.31. The number of hydrogen-bond acceptors (Lipinski definition) is 6. The van der Waals surface area contributed by atoms with E-state index in [0.717, 1.165) is 12.3 Å². The molecule has 0 aliphatic heterocycles. The van der Waals surface area contributed by atoms with Crippen molar-refractivity contribution in [3.05, 3.63) is 28.5 Å². The van der Waals surface area contributed by atoms with Crippen molar-refractivity contribution in [3.8, 4) is 0 Å². The average molecular weight is 290 g/mol. The molecule has 7 nitrogen and oxygen atoms in total. The van der Waals surface area contributed by atoms with Gasteiger partial charge in [0.15, 0.2) is 6.10 Å². The first-order valence-corrected chi connectivity index (χ1v) is 5.67. The van der Waals surface area contributed by atoms with Crippen LogP contribution in [0.3, 0.4) is 0 Å². The number of aromatic carboxylic acids is 1. The van der Waals surface area contributed by atoms with Gasteiger partial charge in [0.1, 0.15) is 11.3 Å². The summed E-state index contributed by atoms with van der Waals surface area (Å²) in [5, 5.41) is 28.3. The first-order chi connectivity index (χ1) is 8.88. The first kappa shape index (κ1) is 15.4. The van der Waals surface area contributed by atoms with Crippen molar-refractivity contribution < 1.29 is 29.6 Å². The fourth-order valence-corrected chi connectivity index (χ4v) is 1.55. The number of esters is 1. The third kappa shape index (κ3) is 3.63. The van der Waals surface area contributed by atoms with Gasteiger partial charge in [0.05, 0.1) is 12.2 Å². The van der Waals surface area contributed by atoms with Crippen LogP contribution in [0.1, 0.15) is 28.9 Å². The summed E-state index contributed by atoms with van der Waals surface area (Å²) in [6.07, 6.45) is -2.69. The lowest BCUT2D eigenvalue weighted by Gasteiger charge is -2.18. The molecule has 1 aromatic heterocycles. The van der Waals surface area contributed by atoms with Gasteiger partial charge in [0.2, 0.25) is 0 Å². The fourth-order valence-electron chi connectivity index (χ4n) is 1.39. The minimum atomic E-state index is -1.90. The molecule has 2 atom stereocenters. The number of aromatic nitrogens is 1. The van der Waals surface area contributed by atoms with Crippen molar-refractivity contribution in [1.82, 2.24) is 4.98 Å². The standard InChI is InChI=1S/C11H12ClNO6/c1-2-19-11(18)9(15)8(14)6-4-13-7(12)3-5(6)10(16)17/h3-4,8-9,14-15H,2H2,1H3,(H,16,17). The number of hydrogen-bond donors (Lipinski definition) is 3. The van der Waals surface area contributed by atoms with Crippen molar-refractivity contribution in [2.75, 3.05) is 6.61 Å². The molecule has 0 radical (unpaired) electrons. The van der Waals surface area contributed by atoms with Crippen LogP contribution in [0.5, 0.6) is 0 Å². The van der Waals surface area contributed by atoms with Crippen LogP contribution in [0.25, 0.3) is 0 Å². The SMILES string of the molecule is CCOC(=O)C(O)C(O)c1cnc(Cl)cc1C(=O)O. The molecule has 1 aromatic rings. The van der Waals surface area contributed by atoms with Crippen molar-refractivity contribution in [2.45, 2.75) is 19.1 Å². The zero-order chi connectivity index (χ0) is 14.6. The number of pyridine rings is 1. The number of carbonyl (C=O) groups excluding carboxylic acids is 1. The Morgan fingerprint density at radius 2 is 2.11 bits per heavy atom. The average Bonchev–Trinajstić information content (AvgIpc) is 2.37. The summed E-state index contributed by atoms with van der Waals surface area (Å²) in [7, 11) is 0. The van der Waals surface area contributed by atoms with Crippen LogP contribution in [-0.4, -0.2) is 45.0 Å². The molecule has 0 spiro atoms. The number of rotatable bonds is 5. The van der Waals surface area contributed by atoms with Gasteiger partial charge < -0.3 is 20.1 Å². The third-order valence-corrected chi connectivity index (χ3v) is 2.48. The van der Waals surface area contributed by atoms with Gasteiger partial charge in [-0.1, -0.05) is 11.6 Å². The molecule has 0 saturated heterocycles. The predicted molar refractivity (Wildman–Crippen MR) is 63.8 cm³/mol. The van der Waals surface area contributed by atoms with E-state index in [1.54, 1.807) is 0 Å². The highest BCUT2D eigenvalue weighted by molar-refractivity contribution is 6.29. The molecule has 1 rings (SSSR count). The van der Waals surface area contributed by atoms with Crippen molar-refractivity contribution in [3.63, 3.8) is 0 Å². The van der Waals surface area contributed by atoms with Gasteiger partial charge in [-0.15, -0.1) is 0 Å². The zero-order valence-electron chi connectivity index (χ0n) is 9.91. The van der Waals surface area contributed by atoms with E-state index in [2.05, 4.69) is 9.72 Å². The van der Waals surface area contributed by atoms with Gasteiger partial charge >= 0.3 is 11.9 Å². The zero-order valence-corrected chi connectivity index (χ0v) is 10.7. The second kappa shape index (κ2) is 6.46. The van der Waals surface area contributed by atoms with Crippen LogP contribution < -0.4 is 0 Å². The highest BCUT2D eigenvalue weighted by atomic mass is 35.5. The summed E-state index contributed by atoms with van der Waals surface area (Å²) in [4.78, 5) is 25.9. The largest absolute Gasteiger partial charge is 0.478 e. The number of carbonyl (C=O) groups is 2. The summed E-state index contributed by atoms with van der Waals surface area (Å²) in [5.74, 6) is -2.42. The normalized spacial score (nSPS) is 13.7. The Kier molecular flexibility index (Phi) is 5.22. The molecular weight excluding hydrogens is 278 g/mol. The van der Waals surface area contributed by atoms with E-state index >= 15 is 0 Å². The highest BCUT2D eigenvalue weighted by Gasteiger charge is 2.30. The van der Waals surface area contributed by atoms with Gasteiger partial charge in [-0.25, -0.2) is 14.6 Å². The minimum absolute atomic E-state index is 0.0211. The number of aliphatic hydroxyl groups excluding tert-OH is 2. The lowest BCUT2D eigenvalue weighted by atomic mass is 10.0. The van der Waals surface area contributed by atoms with Crippen LogP contribution in [0.4, 0.5) is 0 Å². The highest BCUT2D eigenvalue weighted by Crippen LogP contribution is 2.23. The van der Waals surface area contributed by atoms with Crippen LogP contribution in [0, 0.1) is 0 Å². The molecule has 0 bridgehead atoms. The maximum absolute atomic E-state index is 11.3. The molecule has 104 valence electrons. The Labute approximate surface area is 113 Å². The molecule has 0 fully saturated rings. The maximum atomic E-state index is 11.3. The topological polar surface area (TPSA) is 117 Å². The summed E-state index contributed by atoms with van der Waals surface area (Å²) < 4.78 is 4.53. The van der Waals surface area contributed by atoms with Crippen LogP contribution in [0.15, 0.2) is 12.3 Å². The van der Waals surface area contributed by atoms with Gasteiger partial charge in [0, 0.05) is 11.8 Å². The molecule has 0 aliphatic carbocycles. The minimum Gasteiger partial charge on any atom is -0.478 e. The van der Waals surface area contributed by atoms with E-state index in [0.29, 0.717) is 0 Å². The smallest absolute Gasteiger partial charge is 0.338 e. The number of carboxylic acid groups (broad SMARTS) is 1. The van der Waals surface area contributed by atoms with Crippen LogP contribution in [-0.2, 0) is 9.53 Å². The number of nitrogens with zero attached hydrogens (tertiary/aromatic N) is 1. The third-order valence-electron chi connectivity index (χ3n) is 2.28. The Bertz CT molecular complexity index is 492. The molecular formula is C11H12ClNO6. The monoisotopic (exact) mass is 289 g/mol. The molecule has 2 unspecified atom stereocenters. The molecule has 1 heterocycles. The van der Waals surface area contributed by atoms with Crippen LogP contribution >= 0.6 is 11.6 Å². The van der Waals surface area contributed by atoms with Gasteiger partial charge in [-0.3, -0.25) is 0 Å². The van der Waals surface area contributed by atoms with E-state index in [1.165, 1.54) is 6.92 Å². The van der Waals surface area contributed by atoms with E-state index in [1.807, 2.05) is 0 Å². The molecule has 0 aliphatic rings. The Morgan fingerprint density at radius 3 is 2.63 bits per heavy atom. The summed E-state index contributed by atoms with van der Waals surface area (Å²) in [6, 6.07) is 1.01. The summed E-state index contributed by atoms with van der Waals surface area (Å²) in [6.45, 7) is 1.55. The Balaban J connectivity index is 3.08. The van der Waals surface area contributed by atoms with E-state index < -0.39 is 24.1 Å². The van der Waals surface area contributed by atoms with Crippen LogP contribution in [0.2, 0.25) is 5.15 Å². The quantitative estimate of drug-likeness (QED) is 0.530. The number of ether oxygens (including phenoxy) is 1. The van der Waals surface area contributed by atoms with Crippen molar-refractivity contribution >= 4 is 23.5 Å². The summed E-state index contributed by atoms with van der Waals surface area (Å²) in [5.41, 5.74) is -0.576. The molecule has 3 N–H and O–H groups in total. The molecule has 8 heteroatoms. The van der Waals surface area contributed by atoms with E-state index in [4.69, 9.17) is 16.7 Å². The number of aliphatic hydroxyl groups is 2. The fraction of sp³-hybridized carbons (Fsp3) is 0.364.